The highest BCUT2D eigenvalue weighted by atomic mass is 16.6. The maximum absolute atomic E-state index is 13.2. The fourth-order valence-corrected chi connectivity index (χ4v) is 4.85. The topological polar surface area (TPSA) is 160 Å². The average Bonchev–Trinajstić information content (AvgIpc) is 3.39. The number of anilines is 2. The molecule has 2 aromatic heterocycles. The highest BCUT2D eigenvalue weighted by Crippen LogP contribution is 2.32. The molecule has 0 spiro atoms. The summed E-state index contributed by atoms with van der Waals surface area (Å²) in [5.74, 6) is 0.229. The highest BCUT2D eigenvalue weighted by molar-refractivity contribution is 6.09. The van der Waals surface area contributed by atoms with Crippen molar-refractivity contribution in [1.29, 1.82) is 5.26 Å². The molecule has 3 amide bonds. The van der Waals surface area contributed by atoms with Gasteiger partial charge < -0.3 is 28.7 Å². The zero-order valence-electron chi connectivity index (χ0n) is 28.0. The number of hydrogen-bond donors (Lipinski definition) is 0. The van der Waals surface area contributed by atoms with Crippen molar-refractivity contribution in [2.45, 2.75) is 105 Å². The Morgan fingerprint density at radius 2 is 1.54 bits per heavy atom. The Morgan fingerprint density at radius 1 is 0.913 bits per heavy atom. The smallest absolute Gasteiger partial charge is 0.425 e. The number of hydrogen-bond acceptors (Lipinski definition) is 12. The lowest BCUT2D eigenvalue weighted by atomic mass is 10.1. The molecule has 0 bridgehead atoms. The number of carbonyl (C=O) groups is 3. The minimum absolute atomic E-state index is 0.0195. The Hall–Kier alpha value is -4.67. The minimum Gasteiger partial charge on any atom is -0.472 e. The fourth-order valence-electron chi connectivity index (χ4n) is 4.85. The molecular formula is C32H43N7O7. The summed E-state index contributed by atoms with van der Waals surface area (Å²) in [6.45, 7) is 17.3. The van der Waals surface area contributed by atoms with Gasteiger partial charge in [0.2, 0.25) is 5.88 Å². The normalized spacial score (nSPS) is 16.7. The van der Waals surface area contributed by atoms with Gasteiger partial charge in [0.1, 0.15) is 35.3 Å². The number of imide groups is 1. The number of fused-ring (bicyclic) bond motifs is 1. The van der Waals surface area contributed by atoms with Gasteiger partial charge in [-0.15, -0.1) is 0 Å². The van der Waals surface area contributed by atoms with E-state index in [1.807, 2.05) is 25.7 Å². The summed E-state index contributed by atoms with van der Waals surface area (Å²) in [5, 5.41) is 10.1. The monoisotopic (exact) mass is 637 g/mol. The molecule has 14 nitrogen and oxygen atoms in total. The van der Waals surface area contributed by atoms with Gasteiger partial charge in [-0.25, -0.2) is 29.3 Å². The first-order valence-corrected chi connectivity index (χ1v) is 15.2. The molecule has 1 fully saturated rings. The second-order valence-electron chi connectivity index (χ2n) is 14.2. The van der Waals surface area contributed by atoms with E-state index in [4.69, 9.17) is 18.9 Å². The molecule has 2 aromatic rings. The molecule has 2 aliphatic rings. The van der Waals surface area contributed by atoms with E-state index in [0.29, 0.717) is 55.5 Å². The van der Waals surface area contributed by atoms with Gasteiger partial charge in [-0.2, -0.15) is 10.2 Å². The summed E-state index contributed by atoms with van der Waals surface area (Å²) in [7, 11) is 0. The van der Waals surface area contributed by atoms with E-state index in [1.54, 1.807) is 52.5 Å². The largest absolute Gasteiger partial charge is 0.472 e. The van der Waals surface area contributed by atoms with Crippen LogP contribution in [0.15, 0.2) is 18.6 Å². The SMILES string of the molecule is CC(C)(C)OC(=O)N1CC[C@H](Oc2ncnc3c2CN(c2cnc(N(C(=O)OC(C)(C)C)C(=O)OC(C)(C)C)c(C#N)c2)CC3)C1. The number of ether oxygens (including phenoxy) is 4. The first-order chi connectivity index (χ1) is 21.3. The molecule has 14 heteroatoms. The Bertz CT molecular complexity index is 1490. The average molecular weight is 638 g/mol. The molecule has 0 radical (unpaired) electrons. The second kappa shape index (κ2) is 13.0. The van der Waals surface area contributed by atoms with Gasteiger partial charge in [0.05, 0.1) is 41.8 Å². The zero-order chi connectivity index (χ0) is 34.0. The summed E-state index contributed by atoms with van der Waals surface area (Å²) >= 11 is 0. The van der Waals surface area contributed by atoms with E-state index in [9.17, 15) is 19.6 Å². The van der Waals surface area contributed by atoms with E-state index in [-0.39, 0.29) is 23.6 Å². The molecule has 0 aromatic carbocycles. The van der Waals surface area contributed by atoms with Gasteiger partial charge in [-0.05, 0) is 68.4 Å². The second-order valence-corrected chi connectivity index (χ2v) is 14.2. The molecular weight excluding hydrogens is 594 g/mol. The van der Waals surface area contributed by atoms with E-state index in [1.165, 1.54) is 12.5 Å². The maximum atomic E-state index is 13.2. The molecule has 4 heterocycles. The summed E-state index contributed by atoms with van der Waals surface area (Å²) < 4.78 is 22.7. The quantitative estimate of drug-likeness (QED) is 0.395. The van der Waals surface area contributed by atoms with Crippen LogP contribution in [0.5, 0.6) is 5.88 Å². The predicted molar refractivity (Wildman–Crippen MR) is 168 cm³/mol. The van der Waals surface area contributed by atoms with Crippen LogP contribution in [0.2, 0.25) is 0 Å². The number of amides is 3. The number of aromatic nitrogens is 3. The molecule has 0 N–H and O–H groups in total. The lowest BCUT2D eigenvalue weighted by molar-refractivity contribution is 0.0273. The Morgan fingerprint density at radius 3 is 2.13 bits per heavy atom. The molecule has 2 aliphatic heterocycles. The van der Waals surface area contributed by atoms with E-state index >= 15 is 0 Å². The third-order valence-electron chi connectivity index (χ3n) is 6.74. The summed E-state index contributed by atoms with van der Waals surface area (Å²) in [4.78, 5) is 56.4. The van der Waals surface area contributed by atoms with Crippen molar-refractivity contribution in [2.75, 3.05) is 29.4 Å². The Kier molecular flexibility index (Phi) is 9.65. The van der Waals surface area contributed by atoms with E-state index in [0.717, 1.165) is 11.3 Å². The summed E-state index contributed by atoms with van der Waals surface area (Å²) in [6, 6.07) is 3.62. The van der Waals surface area contributed by atoms with Crippen LogP contribution < -0.4 is 14.5 Å². The fraction of sp³-hybridized carbons (Fsp3) is 0.594. The Labute approximate surface area is 269 Å². The molecule has 0 unspecified atom stereocenters. The van der Waals surface area contributed by atoms with Crippen LogP contribution in [0, 0.1) is 11.3 Å². The van der Waals surface area contributed by atoms with Gasteiger partial charge in [0.25, 0.3) is 0 Å². The number of nitriles is 1. The van der Waals surface area contributed by atoms with Crippen molar-refractivity contribution in [3.63, 3.8) is 0 Å². The maximum Gasteiger partial charge on any atom is 0.425 e. The standard InChI is InChI=1S/C32H43N7O7/c1-30(2,3)44-27(40)38-12-10-22(17-38)43-26-23-18-37(13-11-24(23)35-19-36-26)21-14-20(15-33)25(34-16-21)39(28(41)45-31(4,5)6)29(42)46-32(7,8)9/h14,16,19,22H,10-13,17-18H2,1-9H3/t22-/m0/s1. The summed E-state index contributed by atoms with van der Waals surface area (Å²) in [6.07, 6.45) is 1.50. The van der Waals surface area contributed by atoms with Crippen LogP contribution in [0.25, 0.3) is 0 Å². The third kappa shape index (κ3) is 8.74. The van der Waals surface area contributed by atoms with Crippen LogP contribution in [0.3, 0.4) is 0 Å². The van der Waals surface area contributed by atoms with Gasteiger partial charge in [0.15, 0.2) is 5.82 Å². The molecule has 4 rings (SSSR count). The number of rotatable bonds is 4. The van der Waals surface area contributed by atoms with Crippen LogP contribution in [-0.4, -0.2) is 80.7 Å². The van der Waals surface area contributed by atoms with E-state index < -0.39 is 29.0 Å². The van der Waals surface area contributed by atoms with Crippen molar-refractivity contribution < 1.29 is 33.3 Å². The van der Waals surface area contributed by atoms with Crippen LogP contribution in [0.4, 0.5) is 25.9 Å². The van der Waals surface area contributed by atoms with Crippen molar-refractivity contribution in [3.8, 4) is 11.9 Å². The summed E-state index contributed by atoms with van der Waals surface area (Å²) in [5.41, 5.74) is -0.224. The lowest BCUT2D eigenvalue weighted by Gasteiger charge is -2.32. The molecule has 46 heavy (non-hydrogen) atoms. The first-order valence-electron chi connectivity index (χ1n) is 15.2. The van der Waals surface area contributed by atoms with Crippen LogP contribution >= 0.6 is 0 Å². The number of likely N-dealkylation sites (tertiary alicyclic amines) is 1. The number of pyridine rings is 1. The molecule has 248 valence electrons. The van der Waals surface area contributed by atoms with E-state index in [2.05, 4.69) is 21.0 Å². The van der Waals surface area contributed by atoms with Crippen molar-refractivity contribution in [2.24, 2.45) is 0 Å². The Balaban J connectivity index is 1.56. The van der Waals surface area contributed by atoms with Gasteiger partial charge in [0, 0.05) is 25.9 Å². The van der Waals surface area contributed by atoms with Crippen LogP contribution in [-0.2, 0) is 27.2 Å². The van der Waals surface area contributed by atoms with Crippen molar-refractivity contribution in [1.82, 2.24) is 19.9 Å². The highest BCUT2D eigenvalue weighted by Gasteiger charge is 2.36. The van der Waals surface area contributed by atoms with Crippen LogP contribution in [0.1, 0.15) is 85.6 Å². The van der Waals surface area contributed by atoms with Crippen molar-refractivity contribution >= 4 is 29.8 Å². The van der Waals surface area contributed by atoms with Gasteiger partial charge in [-0.1, -0.05) is 0 Å². The lowest BCUT2D eigenvalue weighted by Crippen LogP contribution is -2.44. The number of carbonyl (C=O) groups excluding carboxylic acids is 3. The molecule has 0 saturated carbocycles. The number of nitrogens with zero attached hydrogens (tertiary/aromatic N) is 7. The third-order valence-corrected chi connectivity index (χ3v) is 6.74. The van der Waals surface area contributed by atoms with Gasteiger partial charge >= 0.3 is 18.3 Å². The van der Waals surface area contributed by atoms with Gasteiger partial charge in [-0.3, -0.25) is 0 Å². The molecule has 0 aliphatic carbocycles. The van der Waals surface area contributed by atoms with Crippen molar-refractivity contribution in [3.05, 3.63) is 35.4 Å². The molecule has 1 atom stereocenters. The zero-order valence-corrected chi connectivity index (χ0v) is 28.0. The first kappa shape index (κ1) is 34.2. The minimum atomic E-state index is -1.01. The molecule has 1 saturated heterocycles. The predicted octanol–water partition coefficient (Wildman–Crippen LogP) is 5.37.